The number of hydrogen-bond acceptors (Lipinski definition) is 5. The number of carbonyl (C=O) groups is 4. The number of hydrogen-bond donors (Lipinski definition) is 1. The molecule has 0 aromatic carbocycles. The van der Waals surface area contributed by atoms with Crippen LogP contribution in [0.5, 0.6) is 0 Å². The van der Waals surface area contributed by atoms with Crippen molar-refractivity contribution < 1.29 is 29.0 Å². The van der Waals surface area contributed by atoms with Crippen LogP contribution in [0.3, 0.4) is 0 Å². The van der Waals surface area contributed by atoms with Crippen LogP contribution in [0.2, 0.25) is 0 Å². The molecule has 0 aromatic heterocycles. The van der Waals surface area contributed by atoms with E-state index < -0.39 is 41.3 Å². The zero-order chi connectivity index (χ0) is 16.7. The van der Waals surface area contributed by atoms with Crippen molar-refractivity contribution in [3.8, 4) is 0 Å². The normalized spacial score (nSPS) is 24.7. The zero-order valence-electron chi connectivity index (χ0n) is 12.9. The monoisotopic (exact) mass is 312 g/mol. The number of carbonyl (C=O) groups excluding carboxylic acids is 3. The molecule has 2 unspecified atom stereocenters. The summed E-state index contributed by atoms with van der Waals surface area (Å²) in [4.78, 5) is 49.8. The van der Waals surface area contributed by atoms with Crippen LogP contribution in [0, 0.1) is 11.3 Å². The molecule has 0 aromatic rings. The van der Waals surface area contributed by atoms with Crippen LogP contribution < -0.4 is 0 Å². The summed E-state index contributed by atoms with van der Waals surface area (Å²) in [6.07, 6.45) is -0.877. The summed E-state index contributed by atoms with van der Waals surface area (Å²) < 4.78 is 4.95. The fourth-order valence-corrected chi connectivity index (χ4v) is 2.98. The minimum atomic E-state index is -1.21. The number of nitrogens with zero attached hydrogens (tertiary/aromatic N) is 2. The Labute approximate surface area is 128 Å². The summed E-state index contributed by atoms with van der Waals surface area (Å²) in [6, 6.07) is -0.956. The van der Waals surface area contributed by atoms with Crippen LogP contribution >= 0.6 is 0 Å². The highest BCUT2D eigenvalue weighted by Gasteiger charge is 2.56. The van der Waals surface area contributed by atoms with E-state index in [2.05, 4.69) is 0 Å². The van der Waals surface area contributed by atoms with E-state index >= 15 is 0 Å². The van der Waals surface area contributed by atoms with Crippen molar-refractivity contribution in [2.24, 2.45) is 11.3 Å². The van der Waals surface area contributed by atoms with Crippen LogP contribution in [0.1, 0.15) is 27.2 Å². The molecule has 2 saturated heterocycles. The van der Waals surface area contributed by atoms with Gasteiger partial charge in [-0.15, -0.1) is 0 Å². The van der Waals surface area contributed by atoms with Gasteiger partial charge in [0.15, 0.2) is 0 Å². The Hall–Kier alpha value is -2.12. The van der Waals surface area contributed by atoms with Gasteiger partial charge in [0.25, 0.3) is 5.91 Å². The Bertz CT molecular complexity index is 529. The Morgan fingerprint density at radius 1 is 1.32 bits per heavy atom. The second-order valence-corrected chi connectivity index (χ2v) is 6.18. The molecule has 2 atom stereocenters. The third-order valence-electron chi connectivity index (χ3n) is 4.13. The standard InChI is InChI=1S/C14H20N2O6/c1-4-22-12(19)14(2,3)7-16-10(17)8-5-6-15(13(20)21)9(8)11(16)18/h8-9H,4-7H2,1-3H3,(H,20,21). The number of carboxylic acid groups (broad SMARTS) is 1. The van der Waals surface area contributed by atoms with Gasteiger partial charge in [0.05, 0.1) is 17.9 Å². The second-order valence-electron chi connectivity index (χ2n) is 6.18. The Morgan fingerprint density at radius 2 is 1.95 bits per heavy atom. The van der Waals surface area contributed by atoms with E-state index in [0.29, 0.717) is 6.42 Å². The van der Waals surface area contributed by atoms with E-state index in [1.165, 1.54) is 0 Å². The molecule has 8 heteroatoms. The molecular weight excluding hydrogens is 292 g/mol. The predicted molar refractivity (Wildman–Crippen MR) is 73.8 cm³/mol. The molecule has 2 fully saturated rings. The first kappa shape index (κ1) is 16.3. The van der Waals surface area contributed by atoms with Gasteiger partial charge in [0.1, 0.15) is 6.04 Å². The van der Waals surface area contributed by atoms with Gasteiger partial charge < -0.3 is 9.84 Å². The molecule has 2 heterocycles. The Morgan fingerprint density at radius 3 is 2.50 bits per heavy atom. The summed E-state index contributed by atoms with van der Waals surface area (Å²) in [5.41, 5.74) is -1.03. The maximum atomic E-state index is 12.4. The molecule has 122 valence electrons. The first-order valence-corrected chi connectivity index (χ1v) is 7.22. The number of likely N-dealkylation sites (tertiary alicyclic amines) is 2. The third kappa shape index (κ3) is 2.53. The highest BCUT2D eigenvalue weighted by atomic mass is 16.5. The molecule has 2 aliphatic heterocycles. The first-order valence-electron chi connectivity index (χ1n) is 7.22. The van der Waals surface area contributed by atoms with Crippen LogP contribution in [0.4, 0.5) is 4.79 Å². The third-order valence-corrected chi connectivity index (χ3v) is 4.13. The van der Waals surface area contributed by atoms with Crippen molar-refractivity contribution >= 4 is 23.9 Å². The number of ether oxygens (including phenoxy) is 1. The van der Waals surface area contributed by atoms with E-state index in [0.717, 1.165) is 9.80 Å². The molecule has 2 rings (SSSR count). The minimum Gasteiger partial charge on any atom is -0.466 e. The van der Waals surface area contributed by atoms with Gasteiger partial charge in [-0.05, 0) is 27.2 Å². The minimum absolute atomic E-state index is 0.107. The van der Waals surface area contributed by atoms with Gasteiger partial charge in [-0.2, -0.15) is 0 Å². The lowest BCUT2D eigenvalue weighted by Crippen LogP contribution is -2.47. The van der Waals surface area contributed by atoms with E-state index in [1.807, 2.05) is 0 Å². The number of esters is 1. The van der Waals surface area contributed by atoms with Crippen LogP contribution in [0.25, 0.3) is 0 Å². The van der Waals surface area contributed by atoms with Crippen molar-refractivity contribution in [1.29, 1.82) is 0 Å². The number of rotatable bonds is 4. The lowest BCUT2D eigenvalue weighted by atomic mass is 9.93. The quantitative estimate of drug-likeness (QED) is 0.592. The van der Waals surface area contributed by atoms with Crippen molar-refractivity contribution in [3.63, 3.8) is 0 Å². The number of fused-ring (bicyclic) bond motifs is 1. The smallest absolute Gasteiger partial charge is 0.408 e. The van der Waals surface area contributed by atoms with E-state index in [-0.39, 0.29) is 19.7 Å². The molecule has 8 nitrogen and oxygen atoms in total. The predicted octanol–water partition coefficient (Wildman–Crippen LogP) is 0.313. The summed E-state index contributed by atoms with van der Waals surface area (Å²) in [6.45, 7) is 5.14. The SMILES string of the molecule is CCOC(=O)C(C)(C)CN1C(=O)C2CCN(C(=O)O)C2C1=O. The fourth-order valence-electron chi connectivity index (χ4n) is 2.98. The summed E-state index contributed by atoms with van der Waals surface area (Å²) in [7, 11) is 0. The summed E-state index contributed by atoms with van der Waals surface area (Å²) in [5.74, 6) is -2.09. The second kappa shape index (κ2) is 5.58. The Balaban J connectivity index is 2.17. The van der Waals surface area contributed by atoms with Crippen LogP contribution in [0.15, 0.2) is 0 Å². The topological polar surface area (TPSA) is 104 Å². The van der Waals surface area contributed by atoms with E-state index in [1.54, 1.807) is 20.8 Å². The highest BCUT2D eigenvalue weighted by Crippen LogP contribution is 2.35. The van der Waals surface area contributed by atoms with Crippen molar-refractivity contribution in [1.82, 2.24) is 9.80 Å². The summed E-state index contributed by atoms with van der Waals surface area (Å²) in [5, 5.41) is 9.11. The largest absolute Gasteiger partial charge is 0.466 e. The zero-order valence-corrected chi connectivity index (χ0v) is 12.9. The number of imide groups is 1. The van der Waals surface area contributed by atoms with Crippen molar-refractivity contribution in [3.05, 3.63) is 0 Å². The lowest BCUT2D eigenvalue weighted by molar-refractivity contribution is -0.156. The fraction of sp³-hybridized carbons (Fsp3) is 0.714. The van der Waals surface area contributed by atoms with Crippen LogP contribution in [-0.2, 0) is 19.1 Å². The van der Waals surface area contributed by atoms with Crippen molar-refractivity contribution in [2.45, 2.75) is 33.2 Å². The maximum Gasteiger partial charge on any atom is 0.408 e. The molecule has 0 spiro atoms. The molecule has 2 aliphatic rings. The molecule has 0 radical (unpaired) electrons. The van der Waals surface area contributed by atoms with E-state index in [9.17, 15) is 19.2 Å². The van der Waals surface area contributed by atoms with Gasteiger partial charge in [-0.25, -0.2) is 4.79 Å². The van der Waals surface area contributed by atoms with Crippen LogP contribution in [-0.4, -0.2) is 64.5 Å². The van der Waals surface area contributed by atoms with Gasteiger partial charge in [0, 0.05) is 13.1 Å². The molecule has 3 amide bonds. The molecule has 22 heavy (non-hydrogen) atoms. The van der Waals surface area contributed by atoms with E-state index in [4.69, 9.17) is 9.84 Å². The van der Waals surface area contributed by atoms with Gasteiger partial charge in [0.2, 0.25) is 5.91 Å². The molecular formula is C14H20N2O6. The summed E-state index contributed by atoms with van der Waals surface area (Å²) >= 11 is 0. The average Bonchev–Trinajstić information content (AvgIpc) is 2.96. The molecule has 0 bridgehead atoms. The Kier molecular flexibility index (Phi) is 4.12. The van der Waals surface area contributed by atoms with Gasteiger partial charge in [-0.3, -0.25) is 24.2 Å². The molecule has 1 N–H and O–H groups in total. The van der Waals surface area contributed by atoms with Gasteiger partial charge >= 0.3 is 12.1 Å². The average molecular weight is 312 g/mol. The molecule has 0 saturated carbocycles. The maximum absolute atomic E-state index is 12.4. The first-order chi connectivity index (χ1) is 10.2. The lowest BCUT2D eigenvalue weighted by Gasteiger charge is -2.28. The van der Waals surface area contributed by atoms with Gasteiger partial charge in [-0.1, -0.05) is 0 Å². The number of amides is 3. The highest BCUT2D eigenvalue weighted by molar-refractivity contribution is 6.08. The molecule has 0 aliphatic carbocycles. The van der Waals surface area contributed by atoms with Crippen molar-refractivity contribution in [2.75, 3.05) is 19.7 Å².